The largest absolute Gasteiger partial charge is 0.456 e. The van der Waals surface area contributed by atoms with E-state index in [-0.39, 0.29) is 23.1 Å². The van der Waals surface area contributed by atoms with Gasteiger partial charge in [0.05, 0.1) is 11.0 Å². The van der Waals surface area contributed by atoms with E-state index in [0.717, 1.165) is 21.9 Å². The second-order valence-electron chi connectivity index (χ2n) is 21.3. The molecule has 5 heterocycles. The van der Waals surface area contributed by atoms with E-state index in [1.807, 2.05) is 11.3 Å². The SMILES string of the molecule is CC(C)(C)c1ccc(N2B3c4cc5oc6ccccc6c5cc4-n4c5ccc(C(C)(C)C)cc5c5c6c(sc7ccccc76)c(c3c54)-c3cc4c(cc32)C(C)(C)c2ccccc2-4)cc1. The van der Waals surface area contributed by atoms with Crippen LogP contribution in [0.25, 0.3) is 91.9 Å². The van der Waals surface area contributed by atoms with Crippen molar-refractivity contribution in [2.24, 2.45) is 0 Å². The van der Waals surface area contributed by atoms with Gasteiger partial charge in [-0.15, -0.1) is 11.3 Å². The summed E-state index contributed by atoms with van der Waals surface area (Å²) in [5.74, 6) is 0. The minimum absolute atomic E-state index is 0.0193. The molecule has 0 fully saturated rings. The number of para-hydroxylation sites is 1. The molecule has 2 aliphatic heterocycles. The Bertz CT molecular complexity index is 3900. The van der Waals surface area contributed by atoms with Gasteiger partial charge in [0.15, 0.2) is 0 Å². The molecular weight excluding hydrogens is 796 g/mol. The van der Waals surface area contributed by atoms with Crippen LogP contribution < -0.4 is 15.7 Å². The molecule has 0 saturated carbocycles. The van der Waals surface area contributed by atoms with E-state index >= 15 is 0 Å². The Morgan fingerprint density at radius 2 is 1.28 bits per heavy atom. The second-order valence-corrected chi connectivity index (χ2v) is 22.3. The Morgan fingerprint density at radius 3 is 2.08 bits per heavy atom. The number of furan rings is 1. The van der Waals surface area contributed by atoms with E-state index in [4.69, 9.17) is 4.42 Å². The van der Waals surface area contributed by atoms with Gasteiger partial charge < -0.3 is 13.8 Å². The molecule has 308 valence electrons. The van der Waals surface area contributed by atoms with Crippen LogP contribution in [0.5, 0.6) is 0 Å². The highest BCUT2D eigenvalue weighted by atomic mass is 32.1. The third-order valence-electron chi connectivity index (χ3n) is 15.3. The molecule has 0 saturated heterocycles. The molecule has 3 aromatic heterocycles. The smallest absolute Gasteiger partial charge is 0.333 e. The van der Waals surface area contributed by atoms with Crippen molar-refractivity contribution in [1.29, 1.82) is 0 Å². The van der Waals surface area contributed by atoms with E-state index in [1.54, 1.807) is 0 Å². The van der Waals surface area contributed by atoms with E-state index in [0.29, 0.717) is 0 Å². The molecule has 0 bridgehead atoms. The molecule has 8 aromatic carbocycles. The summed E-state index contributed by atoms with van der Waals surface area (Å²) in [5, 5.41) is 7.68. The topological polar surface area (TPSA) is 21.3 Å². The van der Waals surface area contributed by atoms with Crippen LogP contribution in [0.3, 0.4) is 0 Å². The van der Waals surface area contributed by atoms with Gasteiger partial charge in [0, 0.05) is 75.3 Å². The highest BCUT2D eigenvalue weighted by Gasteiger charge is 2.48. The van der Waals surface area contributed by atoms with Gasteiger partial charge in [0.1, 0.15) is 11.2 Å². The molecule has 14 rings (SSSR count). The molecule has 0 amide bonds. The Hall–Kier alpha value is -6.56. The lowest BCUT2D eigenvalue weighted by Gasteiger charge is -2.43. The third kappa shape index (κ3) is 4.58. The lowest BCUT2D eigenvalue weighted by Crippen LogP contribution is -2.60. The van der Waals surface area contributed by atoms with Gasteiger partial charge in [0.2, 0.25) is 0 Å². The predicted octanol–water partition coefficient (Wildman–Crippen LogP) is 15.2. The molecule has 3 aliphatic rings. The first kappa shape index (κ1) is 36.9. The van der Waals surface area contributed by atoms with Gasteiger partial charge in [-0.3, -0.25) is 0 Å². The van der Waals surface area contributed by atoms with E-state index < -0.39 is 0 Å². The summed E-state index contributed by atoms with van der Waals surface area (Å²) in [6.07, 6.45) is 0. The van der Waals surface area contributed by atoms with Crippen molar-refractivity contribution in [2.75, 3.05) is 4.81 Å². The molecule has 0 atom stereocenters. The normalized spacial score (nSPS) is 14.9. The average molecular weight is 843 g/mol. The van der Waals surface area contributed by atoms with E-state index in [1.165, 1.54) is 114 Å². The van der Waals surface area contributed by atoms with Crippen LogP contribution in [0.15, 0.2) is 144 Å². The van der Waals surface area contributed by atoms with Gasteiger partial charge in [0.25, 0.3) is 0 Å². The summed E-state index contributed by atoms with van der Waals surface area (Å²) >= 11 is 1.97. The number of aromatic nitrogens is 1. The van der Waals surface area contributed by atoms with Gasteiger partial charge in [-0.1, -0.05) is 134 Å². The zero-order chi connectivity index (χ0) is 43.3. The van der Waals surface area contributed by atoms with E-state index in [2.05, 4.69) is 204 Å². The standard InChI is InChI=1S/C59H47BN2OS/c1-57(2,3)32-21-24-34(25-22-32)62-46-30-43-38(35-15-9-12-18-42(35)59(43,7)8)28-41(46)53-54-55-51(52-37-17-11-14-20-50(37)64-56(52)53)40-27-33(58(4,5)6)23-26-45(40)61(55)47-29-39-36-16-10-13-19-48(36)63-49(39)31-44(47)60(54)62/h9-31H,1-8H3. The number of anilines is 2. The van der Waals surface area contributed by atoms with Crippen LogP contribution in [0, 0.1) is 0 Å². The second kappa shape index (κ2) is 12.0. The number of hydrogen-bond donors (Lipinski definition) is 0. The lowest BCUT2D eigenvalue weighted by molar-refractivity contribution is 0.590. The number of nitrogens with zero attached hydrogens (tertiary/aromatic N) is 2. The molecule has 11 aromatic rings. The fourth-order valence-corrected chi connectivity index (χ4v) is 13.3. The zero-order valence-corrected chi connectivity index (χ0v) is 38.4. The maximum atomic E-state index is 6.81. The lowest BCUT2D eigenvalue weighted by atomic mass is 9.43. The summed E-state index contributed by atoms with van der Waals surface area (Å²) in [6.45, 7) is 18.6. The number of fused-ring (bicyclic) bond motifs is 19. The van der Waals surface area contributed by atoms with Crippen LogP contribution in [-0.4, -0.2) is 11.4 Å². The Morgan fingerprint density at radius 1 is 0.562 bits per heavy atom. The average Bonchev–Trinajstić information content (AvgIpc) is 4.00. The quantitative estimate of drug-likeness (QED) is 0.154. The van der Waals surface area contributed by atoms with Crippen LogP contribution in [0.2, 0.25) is 0 Å². The van der Waals surface area contributed by atoms with Crippen molar-refractivity contribution in [2.45, 2.75) is 71.6 Å². The van der Waals surface area contributed by atoms with Crippen LogP contribution in [0.1, 0.15) is 77.6 Å². The summed E-state index contributed by atoms with van der Waals surface area (Å²) in [6, 6.07) is 53.6. The van der Waals surface area contributed by atoms with Crippen LogP contribution >= 0.6 is 11.3 Å². The highest BCUT2D eigenvalue weighted by Crippen LogP contribution is 2.57. The first-order valence-electron chi connectivity index (χ1n) is 22.9. The van der Waals surface area contributed by atoms with Gasteiger partial charge in [-0.05, 0) is 116 Å². The molecular formula is C59H47BN2OS. The van der Waals surface area contributed by atoms with Crippen LogP contribution in [0.4, 0.5) is 11.4 Å². The first-order valence-corrected chi connectivity index (χ1v) is 23.7. The molecule has 3 nitrogen and oxygen atoms in total. The van der Waals surface area contributed by atoms with E-state index in [9.17, 15) is 0 Å². The number of benzene rings is 8. The fraction of sp³-hybridized carbons (Fsp3) is 0.186. The highest BCUT2D eigenvalue weighted by molar-refractivity contribution is 7.27. The maximum Gasteiger partial charge on any atom is 0.333 e. The number of rotatable bonds is 1. The minimum Gasteiger partial charge on any atom is -0.456 e. The van der Waals surface area contributed by atoms with Gasteiger partial charge in [-0.25, -0.2) is 0 Å². The summed E-state index contributed by atoms with van der Waals surface area (Å²) in [4.78, 5) is 2.71. The molecule has 0 radical (unpaired) electrons. The molecule has 5 heteroatoms. The predicted molar refractivity (Wildman–Crippen MR) is 275 cm³/mol. The monoisotopic (exact) mass is 842 g/mol. The maximum absolute atomic E-state index is 6.81. The molecule has 64 heavy (non-hydrogen) atoms. The fourth-order valence-electron chi connectivity index (χ4n) is 12.1. The molecule has 1 aliphatic carbocycles. The van der Waals surface area contributed by atoms with Crippen molar-refractivity contribution >= 4 is 104 Å². The van der Waals surface area contributed by atoms with Crippen molar-refractivity contribution in [3.8, 4) is 27.9 Å². The zero-order valence-electron chi connectivity index (χ0n) is 37.6. The number of thiophene rings is 1. The number of hydrogen-bond acceptors (Lipinski definition) is 3. The third-order valence-corrected chi connectivity index (χ3v) is 16.5. The molecule has 0 spiro atoms. The van der Waals surface area contributed by atoms with Crippen LogP contribution in [-0.2, 0) is 16.2 Å². The Balaban J connectivity index is 1.23. The van der Waals surface area contributed by atoms with Crippen molar-refractivity contribution in [1.82, 2.24) is 4.57 Å². The summed E-state index contributed by atoms with van der Waals surface area (Å²) < 4.78 is 12.2. The van der Waals surface area contributed by atoms with Gasteiger partial charge in [-0.2, -0.15) is 0 Å². The van der Waals surface area contributed by atoms with Crippen molar-refractivity contribution in [3.05, 3.63) is 162 Å². The Kier molecular flexibility index (Phi) is 6.89. The minimum atomic E-state index is -0.165. The Labute approximate surface area is 377 Å². The molecule has 0 unspecified atom stereocenters. The first-order chi connectivity index (χ1) is 30.8. The molecule has 0 N–H and O–H groups in total. The van der Waals surface area contributed by atoms with Crippen molar-refractivity contribution < 1.29 is 4.42 Å². The summed E-state index contributed by atoms with van der Waals surface area (Å²) in [7, 11) is 0. The van der Waals surface area contributed by atoms with Gasteiger partial charge >= 0.3 is 6.85 Å². The summed E-state index contributed by atoms with van der Waals surface area (Å²) in [5.41, 5.74) is 21.4. The van der Waals surface area contributed by atoms with Crippen molar-refractivity contribution in [3.63, 3.8) is 0 Å².